The summed E-state index contributed by atoms with van der Waals surface area (Å²) in [5.41, 5.74) is 3.55. The van der Waals surface area contributed by atoms with Crippen molar-refractivity contribution in [1.29, 1.82) is 0 Å². The van der Waals surface area contributed by atoms with Crippen LogP contribution in [0.2, 0.25) is 0 Å². The molecule has 0 aromatic heterocycles. The molecule has 5 heteroatoms. The highest BCUT2D eigenvalue weighted by Gasteiger charge is 2.29. The topological polar surface area (TPSA) is 44.8 Å². The lowest BCUT2D eigenvalue weighted by atomic mass is 10.0. The molecule has 1 fully saturated rings. The van der Waals surface area contributed by atoms with Gasteiger partial charge >= 0.3 is 6.03 Å². The van der Waals surface area contributed by atoms with Gasteiger partial charge in [-0.3, -0.25) is 0 Å². The van der Waals surface area contributed by atoms with E-state index >= 15 is 0 Å². The van der Waals surface area contributed by atoms with E-state index in [9.17, 15) is 4.79 Å². The zero-order valence-corrected chi connectivity index (χ0v) is 17.1. The number of nitrogens with zero attached hydrogens (tertiary/aromatic N) is 2. The Kier molecular flexibility index (Phi) is 6.93. The van der Waals surface area contributed by atoms with Gasteiger partial charge in [-0.05, 0) is 62.7 Å². The molecule has 3 rings (SSSR count). The molecule has 5 nitrogen and oxygen atoms in total. The van der Waals surface area contributed by atoms with Crippen molar-refractivity contribution in [2.24, 2.45) is 0 Å². The Balaban J connectivity index is 1.60. The molecule has 1 saturated heterocycles. The smallest absolute Gasteiger partial charge is 0.318 e. The van der Waals surface area contributed by atoms with Gasteiger partial charge in [-0.1, -0.05) is 36.4 Å². The Morgan fingerprint density at radius 2 is 1.93 bits per heavy atom. The van der Waals surface area contributed by atoms with E-state index in [-0.39, 0.29) is 12.1 Å². The van der Waals surface area contributed by atoms with E-state index in [1.807, 2.05) is 24.0 Å². The van der Waals surface area contributed by atoms with Gasteiger partial charge in [0.1, 0.15) is 5.75 Å². The summed E-state index contributed by atoms with van der Waals surface area (Å²) in [6.45, 7) is 4.88. The van der Waals surface area contributed by atoms with Crippen molar-refractivity contribution < 1.29 is 9.53 Å². The molecule has 0 aliphatic carbocycles. The second kappa shape index (κ2) is 9.60. The zero-order valence-electron chi connectivity index (χ0n) is 17.1. The summed E-state index contributed by atoms with van der Waals surface area (Å²) in [5, 5.41) is 3.10. The molecule has 1 heterocycles. The molecule has 1 atom stereocenters. The van der Waals surface area contributed by atoms with Gasteiger partial charge in [0.25, 0.3) is 0 Å². The van der Waals surface area contributed by atoms with Crippen molar-refractivity contribution in [2.75, 3.05) is 27.2 Å². The molecule has 1 aliphatic rings. The molecule has 0 radical (unpaired) electrons. The van der Waals surface area contributed by atoms with Gasteiger partial charge < -0.3 is 19.9 Å². The summed E-state index contributed by atoms with van der Waals surface area (Å²) in [4.78, 5) is 16.9. The summed E-state index contributed by atoms with van der Waals surface area (Å²) in [6.07, 6.45) is 2.03. The van der Waals surface area contributed by atoms with Crippen molar-refractivity contribution in [3.05, 3.63) is 65.2 Å². The number of likely N-dealkylation sites (tertiary alicyclic amines) is 1. The largest absolute Gasteiger partial charge is 0.494 e. The van der Waals surface area contributed by atoms with E-state index in [0.717, 1.165) is 37.2 Å². The molecule has 0 spiro atoms. The molecule has 150 valence electrons. The lowest BCUT2D eigenvalue weighted by Gasteiger charge is -2.25. The first-order chi connectivity index (χ1) is 13.6. The predicted molar refractivity (Wildman–Crippen MR) is 112 cm³/mol. The lowest BCUT2D eigenvalue weighted by molar-refractivity contribution is 0.192. The minimum atomic E-state index is 0.00870. The highest BCUT2D eigenvalue weighted by molar-refractivity contribution is 5.75. The molecule has 0 bridgehead atoms. The van der Waals surface area contributed by atoms with Crippen LogP contribution >= 0.6 is 0 Å². The fraction of sp³-hybridized carbons (Fsp3) is 0.435. The lowest BCUT2D eigenvalue weighted by Crippen LogP contribution is -2.39. The summed E-state index contributed by atoms with van der Waals surface area (Å²) >= 11 is 0. The Bertz CT molecular complexity index is 774. The molecule has 0 saturated carbocycles. The first-order valence-corrected chi connectivity index (χ1v) is 10.1. The van der Waals surface area contributed by atoms with Crippen molar-refractivity contribution in [2.45, 2.75) is 38.9 Å². The van der Waals surface area contributed by atoms with Crippen LogP contribution in [0.5, 0.6) is 5.75 Å². The van der Waals surface area contributed by atoms with Crippen LogP contribution in [0, 0.1) is 0 Å². The van der Waals surface area contributed by atoms with E-state index in [2.05, 4.69) is 60.7 Å². The molecule has 2 aromatic carbocycles. The molecule has 1 unspecified atom stereocenters. The minimum absolute atomic E-state index is 0.00870. The van der Waals surface area contributed by atoms with E-state index in [4.69, 9.17) is 4.74 Å². The average molecular weight is 382 g/mol. The standard InChI is InChI=1S/C23H31N3O2/c1-4-28-21-12-10-20(11-13-21)22-9-6-14-26(22)23(27)24-16-18-7-5-8-19(15-18)17-25(2)3/h5,7-8,10-13,15,22H,4,6,9,14,16-17H2,1-3H3,(H,24,27). The van der Waals surface area contributed by atoms with E-state index in [0.29, 0.717) is 13.2 Å². The molecular formula is C23H31N3O2. The maximum atomic E-state index is 12.8. The third-order valence-corrected chi connectivity index (χ3v) is 5.02. The van der Waals surface area contributed by atoms with Gasteiger partial charge in [0, 0.05) is 19.6 Å². The monoisotopic (exact) mass is 381 g/mol. The van der Waals surface area contributed by atoms with Crippen LogP contribution < -0.4 is 10.1 Å². The van der Waals surface area contributed by atoms with Crippen LogP contribution in [0.15, 0.2) is 48.5 Å². The SMILES string of the molecule is CCOc1ccc(C2CCCN2C(=O)NCc2cccc(CN(C)C)c2)cc1. The van der Waals surface area contributed by atoms with Gasteiger partial charge in [0.05, 0.1) is 12.6 Å². The molecule has 28 heavy (non-hydrogen) atoms. The van der Waals surface area contributed by atoms with E-state index in [1.165, 1.54) is 11.1 Å². The van der Waals surface area contributed by atoms with Gasteiger partial charge in [0.2, 0.25) is 0 Å². The number of carbonyl (C=O) groups excluding carboxylic acids is 1. The van der Waals surface area contributed by atoms with Crippen LogP contribution in [-0.4, -0.2) is 43.1 Å². The molecule has 2 aromatic rings. The fourth-order valence-electron chi connectivity index (χ4n) is 3.79. The van der Waals surface area contributed by atoms with Gasteiger partial charge in [-0.25, -0.2) is 4.79 Å². The van der Waals surface area contributed by atoms with Gasteiger partial charge in [0.15, 0.2) is 0 Å². The molecular weight excluding hydrogens is 350 g/mol. The summed E-state index contributed by atoms with van der Waals surface area (Å²) in [6, 6.07) is 16.7. The van der Waals surface area contributed by atoms with Crippen LogP contribution in [-0.2, 0) is 13.1 Å². The number of amides is 2. The number of nitrogens with one attached hydrogen (secondary N) is 1. The highest BCUT2D eigenvalue weighted by atomic mass is 16.5. The number of urea groups is 1. The van der Waals surface area contributed by atoms with Crippen LogP contribution in [0.25, 0.3) is 0 Å². The number of carbonyl (C=O) groups is 1. The van der Waals surface area contributed by atoms with Gasteiger partial charge in [-0.15, -0.1) is 0 Å². The Labute approximate surface area is 168 Å². The summed E-state index contributed by atoms with van der Waals surface area (Å²) in [5.74, 6) is 0.873. The third-order valence-electron chi connectivity index (χ3n) is 5.02. The first kappa shape index (κ1) is 20.2. The average Bonchev–Trinajstić information content (AvgIpc) is 3.17. The van der Waals surface area contributed by atoms with Crippen LogP contribution in [0.4, 0.5) is 4.79 Å². The Morgan fingerprint density at radius 3 is 2.64 bits per heavy atom. The first-order valence-electron chi connectivity index (χ1n) is 10.1. The third kappa shape index (κ3) is 5.26. The maximum Gasteiger partial charge on any atom is 0.318 e. The fourth-order valence-corrected chi connectivity index (χ4v) is 3.79. The summed E-state index contributed by atoms with van der Waals surface area (Å²) in [7, 11) is 4.12. The van der Waals surface area contributed by atoms with E-state index < -0.39 is 0 Å². The van der Waals surface area contributed by atoms with Crippen molar-refractivity contribution in [1.82, 2.24) is 15.1 Å². The molecule has 1 N–H and O–H groups in total. The van der Waals surface area contributed by atoms with Gasteiger partial charge in [-0.2, -0.15) is 0 Å². The molecule has 1 aliphatic heterocycles. The number of benzene rings is 2. The Morgan fingerprint density at radius 1 is 1.18 bits per heavy atom. The molecule has 2 amide bonds. The minimum Gasteiger partial charge on any atom is -0.494 e. The number of rotatable bonds is 7. The highest BCUT2D eigenvalue weighted by Crippen LogP contribution is 2.32. The quantitative estimate of drug-likeness (QED) is 0.782. The van der Waals surface area contributed by atoms with Crippen LogP contribution in [0.3, 0.4) is 0 Å². The predicted octanol–water partition coefficient (Wildman–Crippen LogP) is 4.19. The number of hydrogen-bond donors (Lipinski definition) is 1. The van der Waals surface area contributed by atoms with Crippen molar-refractivity contribution in [3.63, 3.8) is 0 Å². The zero-order chi connectivity index (χ0) is 19.9. The summed E-state index contributed by atoms with van der Waals surface area (Å²) < 4.78 is 5.52. The Hall–Kier alpha value is -2.53. The maximum absolute atomic E-state index is 12.8. The van der Waals surface area contributed by atoms with E-state index in [1.54, 1.807) is 0 Å². The second-order valence-corrected chi connectivity index (χ2v) is 7.57. The van der Waals surface area contributed by atoms with Crippen LogP contribution in [0.1, 0.15) is 42.5 Å². The van der Waals surface area contributed by atoms with Crippen molar-refractivity contribution >= 4 is 6.03 Å². The normalized spacial score (nSPS) is 16.4. The van der Waals surface area contributed by atoms with Crippen molar-refractivity contribution in [3.8, 4) is 5.75 Å². The number of hydrogen-bond acceptors (Lipinski definition) is 3. The number of ether oxygens (including phenoxy) is 1. The second-order valence-electron chi connectivity index (χ2n) is 7.57.